The highest BCUT2D eigenvalue weighted by molar-refractivity contribution is 5.07. The summed E-state index contributed by atoms with van der Waals surface area (Å²) < 4.78 is 0. The molecule has 0 radical (unpaired) electrons. The van der Waals surface area contributed by atoms with E-state index in [1.807, 2.05) is 0 Å². The van der Waals surface area contributed by atoms with Crippen LogP contribution in [0, 0.1) is 17.9 Å². The maximum atomic E-state index is 3.15. The van der Waals surface area contributed by atoms with Gasteiger partial charge in [-0.15, -0.1) is 0 Å². The van der Waals surface area contributed by atoms with E-state index in [1.54, 1.807) is 0 Å². The molecule has 0 aromatic carbocycles. The van der Waals surface area contributed by atoms with Gasteiger partial charge >= 0.3 is 0 Å². The zero-order valence-electron chi connectivity index (χ0n) is 6.61. The minimum atomic E-state index is 0.731. The molecule has 1 aliphatic carbocycles. The van der Waals surface area contributed by atoms with Crippen LogP contribution in [0.15, 0.2) is 0 Å². The maximum Gasteiger partial charge on any atom is 0.0229 e. The van der Waals surface area contributed by atoms with Gasteiger partial charge in [0.1, 0.15) is 0 Å². The van der Waals surface area contributed by atoms with Crippen molar-refractivity contribution in [3.05, 3.63) is 0 Å². The number of unbranched alkanes of at least 4 members (excludes halogenated alkanes) is 1. The molecule has 1 aliphatic rings. The summed E-state index contributed by atoms with van der Waals surface area (Å²) in [5, 5.41) is 3.10. The fourth-order valence-electron chi connectivity index (χ4n) is 0.708. The first-order valence-electron chi connectivity index (χ1n) is 4.17. The lowest BCUT2D eigenvalue weighted by Gasteiger charge is -1.92. The van der Waals surface area contributed by atoms with E-state index >= 15 is 0 Å². The number of hydrogen-bond acceptors (Lipinski definition) is 1. The van der Waals surface area contributed by atoms with Crippen LogP contribution in [0.5, 0.6) is 0 Å². The third kappa shape index (κ3) is 3.40. The summed E-state index contributed by atoms with van der Waals surface area (Å²) >= 11 is 0. The Labute approximate surface area is 63.2 Å². The predicted molar refractivity (Wildman–Crippen MR) is 43.4 cm³/mol. The molecular weight excluding hydrogens is 122 g/mol. The van der Waals surface area contributed by atoms with Gasteiger partial charge in [-0.05, 0) is 19.3 Å². The molecule has 1 nitrogen and oxygen atoms in total. The lowest BCUT2D eigenvalue weighted by Crippen LogP contribution is -2.06. The average molecular weight is 137 g/mol. The fraction of sp³-hybridized carbons (Fsp3) is 0.778. The van der Waals surface area contributed by atoms with E-state index in [2.05, 4.69) is 24.2 Å². The minimum Gasteiger partial charge on any atom is -0.346 e. The van der Waals surface area contributed by atoms with Crippen molar-refractivity contribution in [1.82, 2.24) is 5.32 Å². The number of nitrogens with one attached hydrogen (secondary N) is 1. The molecule has 0 aliphatic heterocycles. The standard InChI is InChI=1S/C9H15N/c1-2-3-7-10-8-6-9-4-5-9/h9-10H,2-5,7H2,1H3. The van der Waals surface area contributed by atoms with Gasteiger partial charge in [-0.3, -0.25) is 0 Å². The smallest absolute Gasteiger partial charge is 0.0229 e. The van der Waals surface area contributed by atoms with Crippen LogP contribution in [-0.4, -0.2) is 6.54 Å². The van der Waals surface area contributed by atoms with E-state index in [0.717, 1.165) is 12.5 Å². The van der Waals surface area contributed by atoms with Gasteiger partial charge in [-0.1, -0.05) is 19.3 Å². The van der Waals surface area contributed by atoms with Crippen molar-refractivity contribution in [2.45, 2.75) is 32.6 Å². The summed E-state index contributed by atoms with van der Waals surface area (Å²) in [7, 11) is 0. The van der Waals surface area contributed by atoms with Gasteiger partial charge in [0, 0.05) is 18.5 Å². The molecule has 1 saturated carbocycles. The summed E-state index contributed by atoms with van der Waals surface area (Å²) in [4.78, 5) is 0. The highest BCUT2D eigenvalue weighted by atomic mass is 14.8. The molecule has 56 valence electrons. The first-order valence-corrected chi connectivity index (χ1v) is 4.17. The van der Waals surface area contributed by atoms with Gasteiger partial charge in [-0.2, -0.15) is 0 Å². The fourth-order valence-corrected chi connectivity index (χ4v) is 0.708. The monoisotopic (exact) mass is 137 g/mol. The van der Waals surface area contributed by atoms with Crippen molar-refractivity contribution in [3.63, 3.8) is 0 Å². The lowest BCUT2D eigenvalue weighted by molar-refractivity contribution is 0.746. The Morgan fingerprint density at radius 1 is 1.50 bits per heavy atom. The molecule has 0 heterocycles. The van der Waals surface area contributed by atoms with E-state index in [1.165, 1.54) is 25.7 Å². The second-order valence-corrected chi connectivity index (χ2v) is 2.82. The molecule has 0 aromatic heterocycles. The van der Waals surface area contributed by atoms with Crippen LogP contribution < -0.4 is 5.32 Å². The Kier molecular flexibility index (Phi) is 3.15. The summed E-state index contributed by atoms with van der Waals surface area (Å²) in [6.07, 6.45) is 5.13. The van der Waals surface area contributed by atoms with Crippen LogP contribution in [0.3, 0.4) is 0 Å². The van der Waals surface area contributed by atoms with E-state index in [9.17, 15) is 0 Å². The molecule has 0 amide bonds. The molecule has 0 saturated heterocycles. The average Bonchev–Trinajstić information content (AvgIpc) is 2.71. The van der Waals surface area contributed by atoms with Crippen molar-refractivity contribution in [3.8, 4) is 12.0 Å². The Morgan fingerprint density at radius 3 is 2.90 bits per heavy atom. The minimum absolute atomic E-state index is 0.731. The van der Waals surface area contributed by atoms with Crippen molar-refractivity contribution >= 4 is 0 Å². The molecule has 1 heteroatoms. The molecule has 10 heavy (non-hydrogen) atoms. The van der Waals surface area contributed by atoms with Crippen LogP contribution in [0.1, 0.15) is 32.6 Å². The quantitative estimate of drug-likeness (QED) is 0.355. The Bertz CT molecular complexity index is 137. The van der Waals surface area contributed by atoms with Gasteiger partial charge in [0.2, 0.25) is 0 Å². The number of rotatable bonds is 3. The summed E-state index contributed by atoms with van der Waals surface area (Å²) in [6.45, 7) is 3.24. The molecule has 0 spiro atoms. The van der Waals surface area contributed by atoms with Crippen LogP contribution >= 0.6 is 0 Å². The highest BCUT2D eigenvalue weighted by Gasteiger charge is 2.17. The predicted octanol–water partition coefficient (Wildman–Crippen LogP) is 1.75. The first-order chi connectivity index (χ1) is 4.93. The van der Waals surface area contributed by atoms with Crippen molar-refractivity contribution < 1.29 is 0 Å². The van der Waals surface area contributed by atoms with Crippen LogP contribution in [-0.2, 0) is 0 Å². The van der Waals surface area contributed by atoms with Crippen LogP contribution in [0.4, 0.5) is 0 Å². The normalized spacial score (nSPS) is 15.7. The molecule has 0 bridgehead atoms. The molecule has 0 atom stereocenters. The van der Waals surface area contributed by atoms with Crippen molar-refractivity contribution in [1.29, 1.82) is 0 Å². The van der Waals surface area contributed by atoms with Gasteiger partial charge < -0.3 is 5.32 Å². The Hall–Kier alpha value is -0.640. The molecule has 0 unspecified atom stereocenters. The SMILES string of the molecule is CCCCNC#CC1CC1. The number of hydrogen-bond donors (Lipinski definition) is 1. The lowest BCUT2D eigenvalue weighted by atomic mass is 10.3. The van der Waals surface area contributed by atoms with Crippen LogP contribution in [0.2, 0.25) is 0 Å². The first kappa shape index (κ1) is 7.47. The van der Waals surface area contributed by atoms with Gasteiger partial charge in [0.25, 0.3) is 0 Å². The zero-order valence-corrected chi connectivity index (χ0v) is 6.61. The third-order valence-corrected chi connectivity index (χ3v) is 1.60. The van der Waals surface area contributed by atoms with Crippen molar-refractivity contribution in [2.75, 3.05) is 6.54 Å². The Morgan fingerprint density at radius 2 is 2.30 bits per heavy atom. The molecule has 0 aromatic rings. The maximum absolute atomic E-state index is 3.15. The topological polar surface area (TPSA) is 12.0 Å². The summed E-state index contributed by atoms with van der Waals surface area (Å²) in [6, 6.07) is 2.98. The van der Waals surface area contributed by atoms with Crippen LogP contribution in [0.25, 0.3) is 0 Å². The molecule has 1 N–H and O–H groups in total. The van der Waals surface area contributed by atoms with E-state index in [-0.39, 0.29) is 0 Å². The highest BCUT2D eigenvalue weighted by Crippen LogP contribution is 2.27. The second-order valence-electron chi connectivity index (χ2n) is 2.82. The largest absolute Gasteiger partial charge is 0.346 e. The molecular formula is C9H15N. The molecule has 1 fully saturated rings. The van der Waals surface area contributed by atoms with E-state index in [4.69, 9.17) is 0 Å². The van der Waals surface area contributed by atoms with E-state index < -0.39 is 0 Å². The summed E-state index contributed by atoms with van der Waals surface area (Å²) in [5.41, 5.74) is 0. The summed E-state index contributed by atoms with van der Waals surface area (Å²) in [5.74, 6) is 3.89. The zero-order chi connectivity index (χ0) is 7.23. The molecule has 1 rings (SSSR count). The van der Waals surface area contributed by atoms with Gasteiger partial charge in [0.15, 0.2) is 0 Å². The second kappa shape index (κ2) is 4.22. The van der Waals surface area contributed by atoms with Gasteiger partial charge in [0.05, 0.1) is 0 Å². The Balaban J connectivity index is 1.89. The van der Waals surface area contributed by atoms with Crippen molar-refractivity contribution in [2.24, 2.45) is 5.92 Å². The van der Waals surface area contributed by atoms with E-state index in [0.29, 0.717) is 0 Å². The van der Waals surface area contributed by atoms with Gasteiger partial charge in [-0.25, -0.2) is 0 Å². The third-order valence-electron chi connectivity index (χ3n) is 1.60.